The summed E-state index contributed by atoms with van der Waals surface area (Å²) in [5.41, 5.74) is 1.72. The number of aromatic nitrogens is 1. The van der Waals surface area contributed by atoms with Crippen molar-refractivity contribution in [2.45, 2.75) is 6.92 Å². The van der Waals surface area contributed by atoms with Crippen molar-refractivity contribution in [3.8, 4) is 23.3 Å². The molecule has 7 nitrogen and oxygen atoms in total. The summed E-state index contributed by atoms with van der Waals surface area (Å²) in [6, 6.07) is 18.8. The number of nitriles is 1. The third-order valence-electron chi connectivity index (χ3n) is 5.00. The van der Waals surface area contributed by atoms with Crippen molar-refractivity contribution in [1.29, 1.82) is 5.26 Å². The Morgan fingerprint density at radius 3 is 2.43 bits per heavy atom. The molecule has 2 aromatic carbocycles. The lowest BCUT2D eigenvalue weighted by Gasteiger charge is -2.34. The third kappa shape index (κ3) is 3.98. The Morgan fingerprint density at radius 2 is 1.80 bits per heavy atom. The minimum absolute atomic E-state index is 0.0132. The fourth-order valence-corrected chi connectivity index (χ4v) is 3.46. The number of anilines is 1. The molecule has 0 aliphatic carbocycles. The zero-order chi connectivity index (χ0) is 20.9. The van der Waals surface area contributed by atoms with Gasteiger partial charge in [0.2, 0.25) is 17.5 Å². The molecular formula is C23H22N4O3. The third-order valence-corrected chi connectivity index (χ3v) is 5.00. The van der Waals surface area contributed by atoms with Crippen LogP contribution in [0.1, 0.15) is 23.0 Å². The van der Waals surface area contributed by atoms with Gasteiger partial charge < -0.3 is 19.0 Å². The summed E-state index contributed by atoms with van der Waals surface area (Å²) < 4.78 is 11.4. The van der Waals surface area contributed by atoms with E-state index >= 15 is 0 Å². The second-order valence-corrected chi connectivity index (χ2v) is 6.89. The fourth-order valence-electron chi connectivity index (χ4n) is 3.46. The van der Waals surface area contributed by atoms with Gasteiger partial charge >= 0.3 is 0 Å². The van der Waals surface area contributed by atoms with Crippen molar-refractivity contribution < 1.29 is 13.9 Å². The van der Waals surface area contributed by atoms with Crippen molar-refractivity contribution in [2.75, 3.05) is 37.7 Å². The van der Waals surface area contributed by atoms with Gasteiger partial charge in [-0.2, -0.15) is 10.2 Å². The van der Waals surface area contributed by atoms with Crippen LogP contribution in [-0.2, 0) is 0 Å². The highest BCUT2D eigenvalue weighted by Crippen LogP contribution is 2.29. The van der Waals surface area contributed by atoms with E-state index in [9.17, 15) is 10.1 Å². The molecule has 152 valence electrons. The average molecular weight is 402 g/mol. The van der Waals surface area contributed by atoms with Gasteiger partial charge in [-0.25, -0.2) is 0 Å². The molecule has 1 amide bonds. The molecule has 1 fully saturated rings. The Hall–Kier alpha value is -3.79. The van der Waals surface area contributed by atoms with E-state index in [-0.39, 0.29) is 11.6 Å². The lowest BCUT2D eigenvalue weighted by atomic mass is 10.1. The van der Waals surface area contributed by atoms with Gasteiger partial charge in [0.05, 0.1) is 6.61 Å². The zero-order valence-corrected chi connectivity index (χ0v) is 16.7. The summed E-state index contributed by atoms with van der Waals surface area (Å²) in [5, 5.41) is 9.48. The van der Waals surface area contributed by atoms with Gasteiger partial charge in [0.1, 0.15) is 11.8 Å². The molecule has 1 saturated heterocycles. The summed E-state index contributed by atoms with van der Waals surface area (Å²) in [6.07, 6.45) is 0. The number of hydrogen-bond acceptors (Lipinski definition) is 6. The number of amides is 1. The van der Waals surface area contributed by atoms with Crippen LogP contribution < -0.4 is 9.64 Å². The van der Waals surface area contributed by atoms with Crippen molar-refractivity contribution in [2.24, 2.45) is 0 Å². The molecule has 0 radical (unpaired) electrons. The molecule has 1 aliphatic heterocycles. The summed E-state index contributed by atoms with van der Waals surface area (Å²) in [4.78, 5) is 20.9. The monoisotopic (exact) mass is 402 g/mol. The Balaban J connectivity index is 1.44. The number of carbonyl (C=O) groups is 1. The molecule has 0 bridgehead atoms. The van der Waals surface area contributed by atoms with Crippen molar-refractivity contribution in [1.82, 2.24) is 9.88 Å². The number of benzene rings is 2. The van der Waals surface area contributed by atoms with E-state index in [2.05, 4.69) is 11.1 Å². The van der Waals surface area contributed by atoms with Gasteiger partial charge in [0.15, 0.2) is 0 Å². The molecule has 1 aliphatic rings. The smallest absolute Gasteiger partial charge is 0.253 e. The van der Waals surface area contributed by atoms with Gasteiger partial charge in [0, 0.05) is 37.3 Å². The van der Waals surface area contributed by atoms with E-state index in [1.807, 2.05) is 59.2 Å². The second-order valence-electron chi connectivity index (χ2n) is 6.89. The summed E-state index contributed by atoms with van der Waals surface area (Å²) in [6.45, 7) is 4.74. The second kappa shape index (κ2) is 8.70. The number of nitrogens with zero attached hydrogens (tertiary/aromatic N) is 4. The standard InChI is InChI=1S/C23H22N4O3/c1-2-29-19-10-8-18(9-11-19)22(28)26-12-14-27(15-13-26)23-20(16-24)25-21(30-23)17-6-4-3-5-7-17/h3-11H,2,12-15H2,1H3. The van der Waals surface area contributed by atoms with Crippen molar-refractivity contribution >= 4 is 11.8 Å². The number of carbonyl (C=O) groups excluding carboxylic acids is 1. The van der Waals surface area contributed by atoms with E-state index in [0.29, 0.717) is 50.1 Å². The number of rotatable bonds is 5. The fraction of sp³-hybridized carbons (Fsp3) is 0.261. The van der Waals surface area contributed by atoms with Gasteiger partial charge in [-0.05, 0) is 43.3 Å². The predicted octanol–water partition coefficient (Wildman–Crippen LogP) is 3.57. The SMILES string of the molecule is CCOc1ccc(C(=O)N2CCN(c3oc(-c4ccccc4)nc3C#N)CC2)cc1. The minimum atomic E-state index is -0.0132. The molecule has 2 heterocycles. The zero-order valence-electron chi connectivity index (χ0n) is 16.7. The first-order chi connectivity index (χ1) is 14.7. The van der Waals surface area contributed by atoms with Crippen LogP contribution in [0.3, 0.4) is 0 Å². The molecule has 1 aromatic heterocycles. The van der Waals surface area contributed by atoms with Crippen LogP contribution in [0, 0.1) is 11.3 Å². The van der Waals surface area contributed by atoms with Crippen molar-refractivity contribution in [3.63, 3.8) is 0 Å². The number of oxazole rings is 1. The van der Waals surface area contributed by atoms with Gasteiger partial charge in [-0.3, -0.25) is 4.79 Å². The molecule has 7 heteroatoms. The van der Waals surface area contributed by atoms with Crippen LogP contribution in [0.15, 0.2) is 59.0 Å². The van der Waals surface area contributed by atoms with Crippen LogP contribution in [0.5, 0.6) is 5.75 Å². The van der Waals surface area contributed by atoms with E-state index in [1.54, 1.807) is 12.1 Å². The van der Waals surface area contributed by atoms with Crippen molar-refractivity contribution in [3.05, 3.63) is 65.9 Å². The lowest BCUT2D eigenvalue weighted by molar-refractivity contribution is 0.0745. The lowest BCUT2D eigenvalue weighted by Crippen LogP contribution is -2.48. The minimum Gasteiger partial charge on any atom is -0.494 e. The molecular weight excluding hydrogens is 380 g/mol. The molecule has 0 atom stereocenters. The highest BCUT2D eigenvalue weighted by atomic mass is 16.5. The molecule has 0 N–H and O–H groups in total. The number of piperazine rings is 1. The largest absolute Gasteiger partial charge is 0.494 e. The van der Waals surface area contributed by atoms with Crippen LogP contribution in [-0.4, -0.2) is 48.6 Å². The molecule has 3 aromatic rings. The quantitative estimate of drug-likeness (QED) is 0.649. The molecule has 30 heavy (non-hydrogen) atoms. The molecule has 0 saturated carbocycles. The van der Waals surface area contributed by atoms with E-state index in [4.69, 9.17) is 9.15 Å². The van der Waals surface area contributed by atoms with Crippen LogP contribution in [0.2, 0.25) is 0 Å². The van der Waals surface area contributed by atoms with E-state index in [1.165, 1.54) is 0 Å². The summed E-state index contributed by atoms with van der Waals surface area (Å²) in [5.74, 6) is 1.63. The molecule has 0 spiro atoms. The highest BCUT2D eigenvalue weighted by Gasteiger charge is 2.27. The summed E-state index contributed by atoms with van der Waals surface area (Å²) >= 11 is 0. The summed E-state index contributed by atoms with van der Waals surface area (Å²) in [7, 11) is 0. The molecule has 4 rings (SSSR count). The van der Waals surface area contributed by atoms with E-state index in [0.717, 1.165) is 11.3 Å². The first-order valence-electron chi connectivity index (χ1n) is 9.93. The average Bonchev–Trinajstić information content (AvgIpc) is 3.25. The number of hydrogen-bond donors (Lipinski definition) is 0. The Morgan fingerprint density at radius 1 is 1.10 bits per heavy atom. The van der Waals surface area contributed by atoms with Crippen LogP contribution >= 0.6 is 0 Å². The topological polar surface area (TPSA) is 82.6 Å². The Labute approximate surface area is 175 Å². The predicted molar refractivity (Wildman–Crippen MR) is 112 cm³/mol. The Kier molecular flexibility index (Phi) is 5.66. The maximum atomic E-state index is 12.8. The molecule has 0 unspecified atom stereocenters. The maximum Gasteiger partial charge on any atom is 0.253 e. The van der Waals surface area contributed by atoms with Gasteiger partial charge in [-0.15, -0.1) is 0 Å². The van der Waals surface area contributed by atoms with Gasteiger partial charge in [0.25, 0.3) is 5.91 Å². The van der Waals surface area contributed by atoms with Crippen LogP contribution in [0.4, 0.5) is 5.88 Å². The first-order valence-corrected chi connectivity index (χ1v) is 9.93. The highest BCUT2D eigenvalue weighted by molar-refractivity contribution is 5.94. The normalized spacial score (nSPS) is 13.7. The van der Waals surface area contributed by atoms with Crippen LogP contribution in [0.25, 0.3) is 11.5 Å². The maximum absolute atomic E-state index is 12.8. The first kappa shape index (κ1) is 19.5. The van der Waals surface area contributed by atoms with E-state index < -0.39 is 0 Å². The van der Waals surface area contributed by atoms with Gasteiger partial charge in [-0.1, -0.05) is 18.2 Å². The number of ether oxygens (including phenoxy) is 1. The Bertz CT molecular complexity index is 1050.